The van der Waals surface area contributed by atoms with Crippen LogP contribution in [-0.2, 0) is 4.79 Å². The highest BCUT2D eigenvalue weighted by molar-refractivity contribution is 5.88. The summed E-state index contributed by atoms with van der Waals surface area (Å²) in [5, 5.41) is 6.50. The summed E-state index contributed by atoms with van der Waals surface area (Å²) in [6.45, 7) is 10.7. The average Bonchev–Trinajstić information content (AvgIpc) is 2.54. The fourth-order valence-electron chi connectivity index (χ4n) is 3.40. The Balaban J connectivity index is 1.89. The molecule has 0 spiro atoms. The van der Waals surface area contributed by atoms with Crippen molar-refractivity contribution in [2.24, 2.45) is 4.99 Å². The second kappa shape index (κ2) is 8.13. The number of aromatic nitrogens is 2. The van der Waals surface area contributed by atoms with E-state index in [2.05, 4.69) is 53.3 Å². The molecule has 1 fully saturated rings. The smallest absolute Gasteiger partial charge is 0.242 e. The number of aliphatic imine (C=N–C) groups is 1. The minimum atomic E-state index is -0.237. The zero-order valence-electron chi connectivity index (χ0n) is 15.8. The fraction of sp³-hybridized carbons (Fsp3) is 0.647. The number of piperazine rings is 1. The highest BCUT2D eigenvalue weighted by atomic mass is 16.2. The zero-order valence-corrected chi connectivity index (χ0v) is 15.8. The number of nitrogens with zero attached hydrogens (tertiary/aromatic N) is 5. The predicted octanol–water partition coefficient (Wildman–Crippen LogP) is 0.795. The summed E-state index contributed by atoms with van der Waals surface area (Å²) < 4.78 is 0. The van der Waals surface area contributed by atoms with Crippen molar-refractivity contribution in [2.45, 2.75) is 39.3 Å². The van der Waals surface area contributed by atoms with Crippen LogP contribution in [0.1, 0.15) is 27.7 Å². The van der Waals surface area contributed by atoms with Crippen molar-refractivity contribution in [1.82, 2.24) is 25.1 Å². The maximum atomic E-state index is 12.6. The molecule has 2 rings (SSSR count). The van der Waals surface area contributed by atoms with E-state index in [1.807, 2.05) is 9.80 Å². The van der Waals surface area contributed by atoms with Crippen molar-refractivity contribution in [3.63, 3.8) is 0 Å². The molecule has 138 valence electrons. The maximum absolute atomic E-state index is 12.6. The molecule has 0 radical (unpaired) electrons. The number of hydrogen-bond acceptors (Lipinski definition) is 5. The van der Waals surface area contributed by atoms with Gasteiger partial charge < -0.3 is 20.4 Å². The van der Waals surface area contributed by atoms with Crippen molar-refractivity contribution in [3.8, 4) is 0 Å². The van der Waals surface area contributed by atoms with Gasteiger partial charge in [0.05, 0.1) is 18.3 Å². The lowest BCUT2D eigenvalue weighted by molar-refractivity contribution is -0.145. The molecule has 2 heterocycles. The van der Waals surface area contributed by atoms with Crippen molar-refractivity contribution < 1.29 is 4.79 Å². The largest absolute Gasteiger partial charge is 0.367 e. The van der Waals surface area contributed by atoms with Crippen LogP contribution in [0.3, 0.4) is 0 Å². The van der Waals surface area contributed by atoms with Crippen LogP contribution < -0.4 is 10.6 Å². The van der Waals surface area contributed by atoms with Gasteiger partial charge in [0.15, 0.2) is 5.96 Å². The Morgan fingerprint density at radius 2 is 2.12 bits per heavy atom. The van der Waals surface area contributed by atoms with Gasteiger partial charge in [-0.15, -0.1) is 0 Å². The molecule has 0 aromatic carbocycles. The molecule has 1 saturated heterocycles. The van der Waals surface area contributed by atoms with Gasteiger partial charge in [-0.05, 0) is 27.7 Å². The molecular weight excluding hydrogens is 318 g/mol. The van der Waals surface area contributed by atoms with Crippen LogP contribution in [-0.4, -0.2) is 76.4 Å². The van der Waals surface area contributed by atoms with Gasteiger partial charge >= 0.3 is 0 Å². The Hall–Kier alpha value is -2.38. The summed E-state index contributed by atoms with van der Waals surface area (Å²) >= 11 is 0. The van der Waals surface area contributed by atoms with Gasteiger partial charge in [-0.2, -0.15) is 0 Å². The van der Waals surface area contributed by atoms with Gasteiger partial charge in [0.2, 0.25) is 5.91 Å². The Labute approximate surface area is 149 Å². The number of guanidine groups is 1. The highest BCUT2D eigenvalue weighted by Crippen LogP contribution is 2.24. The lowest BCUT2D eigenvalue weighted by Gasteiger charge is -2.49. The highest BCUT2D eigenvalue weighted by Gasteiger charge is 2.40. The Bertz CT molecular complexity index is 600. The van der Waals surface area contributed by atoms with E-state index in [9.17, 15) is 4.79 Å². The second-order valence-electron chi connectivity index (χ2n) is 7.02. The first-order valence-corrected chi connectivity index (χ1v) is 8.63. The van der Waals surface area contributed by atoms with Gasteiger partial charge in [0.1, 0.15) is 5.82 Å². The van der Waals surface area contributed by atoms with E-state index >= 15 is 0 Å². The van der Waals surface area contributed by atoms with Gasteiger partial charge in [-0.1, -0.05) is 0 Å². The first-order valence-electron chi connectivity index (χ1n) is 8.63. The van der Waals surface area contributed by atoms with Crippen molar-refractivity contribution >= 4 is 17.7 Å². The van der Waals surface area contributed by atoms with E-state index in [1.165, 1.54) is 0 Å². The van der Waals surface area contributed by atoms with E-state index in [4.69, 9.17) is 0 Å². The van der Waals surface area contributed by atoms with E-state index in [-0.39, 0.29) is 17.5 Å². The minimum Gasteiger partial charge on any atom is -0.367 e. The molecule has 0 atom stereocenters. The zero-order chi connectivity index (χ0) is 18.4. The second-order valence-corrected chi connectivity index (χ2v) is 7.02. The molecule has 0 bridgehead atoms. The number of anilines is 1. The van der Waals surface area contributed by atoms with Crippen LogP contribution in [0.25, 0.3) is 0 Å². The summed E-state index contributed by atoms with van der Waals surface area (Å²) in [6, 6.07) is 0.191. The topological polar surface area (TPSA) is 85.7 Å². The number of nitrogens with one attached hydrogen (secondary N) is 2. The molecule has 25 heavy (non-hydrogen) atoms. The summed E-state index contributed by atoms with van der Waals surface area (Å²) in [5.74, 6) is 1.61. The van der Waals surface area contributed by atoms with Crippen molar-refractivity contribution in [1.29, 1.82) is 0 Å². The van der Waals surface area contributed by atoms with E-state index in [1.54, 1.807) is 25.6 Å². The van der Waals surface area contributed by atoms with Crippen LogP contribution in [0.5, 0.6) is 0 Å². The number of rotatable bonds is 5. The van der Waals surface area contributed by atoms with Crippen LogP contribution in [0, 0.1) is 0 Å². The number of carbonyl (C=O) groups excluding carboxylic acids is 1. The van der Waals surface area contributed by atoms with Gasteiger partial charge in [-0.25, -0.2) is 4.98 Å². The lowest BCUT2D eigenvalue weighted by atomic mass is 9.96. The number of amides is 1. The standard InChI is InChI=1S/C17H29N7O/c1-13(2)24-15(25)11-23(12-17(24,3)4)16(18-5)22-9-8-21-14-10-19-6-7-20-14/h6-7,10,13H,8-9,11-12H2,1-5H3,(H,18,22)(H,20,21). The molecule has 2 N–H and O–H groups in total. The average molecular weight is 347 g/mol. The summed E-state index contributed by atoms with van der Waals surface area (Å²) in [5.41, 5.74) is -0.237. The predicted molar refractivity (Wildman–Crippen MR) is 99.5 cm³/mol. The Morgan fingerprint density at radius 3 is 2.68 bits per heavy atom. The summed E-state index contributed by atoms with van der Waals surface area (Å²) in [6.07, 6.45) is 4.97. The van der Waals surface area contributed by atoms with Gasteiger partial charge in [0.25, 0.3) is 0 Å². The van der Waals surface area contributed by atoms with Crippen LogP contribution in [0.4, 0.5) is 5.82 Å². The van der Waals surface area contributed by atoms with Crippen molar-refractivity contribution in [3.05, 3.63) is 18.6 Å². The normalized spacial score (nSPS) is 17.8. The minimum absolute atomic E-state index is 0.131. The quantitative estimate of drug-likeness (QED) is 0.465. The molecule has 0 saturated carbocycles. The molecule has 8 nitrogen and oxygen atoms in total. The van der Waals surface area contributed by atoms with Gasteiger partial charge in [0, 0.05) is 45.1 Å². The fourth-order valence-corrected chi connectivity index (χ4v) is 3.40. The molecule has 1 aliphatic heterocycles. The monoisotopic (exact) mass is 347 g/mol. The molecular formula is C17H29N7O. The molecule has 8 heteroatoms. The van der Waals surface area contributed by atoms with Crippen LogP contribution >= 0.6 is 0 Å². The van der Waals surface area contributed by atoms with Crippen LogP contribution in [0.15, 0.2) is 23.6 Å². The molecule has 1 aliphatic rings. The molecule has 1 aromatic heterocycles. The Kier molecular flexibility index (Phi) is 6.17. The van der Waals surface area contributed by atoms with E-state index < -0.39 is 0 Å². The molecule has 0 aliphatic carbocycles. The van der Waals surface area contributed by atoms with E-state index in [0.717, 1.165) is 18.3 Å². The Morgan fingerprint density at radius 1 is 1.36 bits per heavy atom. The maximum Gasteiger partial charge on any atom is 0.242 e. The lowest BCUT2D eigenvalue weighted by Crippen LogP contribution is -2.66. The number of carbonyl (C=O) groups is 1. The van der Waals surface area contributed by atoms with Gasteiger partial charge in [-0.3, -0.25) is 14.8 Å². The first-order chi connectivity index (χ1) is 11.8. The van der Waals surface area contributed by atoms with E-state index in [0.29, 0.717) is 19.6 Å². The summed E-state index contributed by atoms with van der Waals surface area (Å²) in [4.78, 5) is 29.1. The summed E-state index contributed by atoms with van der Waals surface area (Å²) in [7, 11) is 1.74. The third-order valence-corrected chi connectivity index (χ3v) is 4.13. The van der Waals surface area contributed by atoms with Crippen LogP contribution in [0.2, 0.25) is 0 Å². The molecule has 0 unspecified atom stereocenters. The first kappa shape index (κ1) is 19.0. The third kappa shape index (κ3) is 4.80. The van der Waals surface area contributed by atoms with Crippen molar-refractivity contribution in [2.75, 3.05) is 38.5 Å². The molecule has 1 aromatic rings. The third-order valence-electron chi connectivity index (χ3n) is 4.13. The molecule has 1 amide bonds. The number of hydrogen-bond donors (Lipinski definition) is 2. The SMILES string of the molecule is CN=C(NCCNc1cnccn1)N1CC(=O)N(C(C)C)C(C)(C)C1.